The molecule has 2 aromatic rings. The smallest absolute Gasteiger partial charge is 0.119 e. The molecule has 0 saturated heterocycles. The van der Waals surface area contributed by atoms with Crippen molar-refractivity contribution in [1.29, 1.82) is 0 Å². The van der Waals surface area contributed by atoms with Gasteiger partial charge in [0.1, 0.15) is 5.75 Å². The number of rotatable bonds is 5. The number of aromatic nitrogens is 2. The average Bonchev–Trinajstić information content (AvgIpc) is 2.77. The van der Waals surface area contributed by atoms with E-state index in [1.165, 1.54) is 11.1 Å². The highest BCUT2D eigenvalue weighted by molar-refractivity contribution is 5.28. The van der Waals surface area contributed by atoms with Gasteiger partial charge >= 0.3 is 0 Å². The van der Waals surface area contributed by atoms with Crippen LogP contribution in [0.4, 0.5) is 0 Å². The summed E-state index contributed by atoms with van der Waals surface area (Å²) in [5, 5.41) is 7.43. The van der Waals surface area contributed by atoms with Gasteiger partial charge in [0.05, 0.1) is 19.9 Å². The first kappa shape index (κ1) is 11.7. The summed E-state index contributed by atoms with van der Waals surface area (Å²) < 4.78 is 7.13. The van der Waals surface area contributed by atoms with Crippen LogP contribution in [0.3, 0.4) is 0 Å². The van der Waals surface area contributed by atoms with Crippen molar-refractivity contribution >= 4 is 0 Å². The van der Waals surface area contributed by atoms with Crippen LogP contribution >= 0.6 is 0 Å². The highest BCUT2D eigenvalue weighted by Gasteiger charge is 2.00. The molecular weight excluding hydrogens is 214 g/mol. The van der Waals surface area contributed by atoms with E-state index in [4.69, 9.17) is 4.74 Å². The first-order valence-electron chi connectivity index (χ1n) is 5.60. The number of benzene rings is 1. The van der Waals surface area contributed by atoms with E-state index in [9.17, 15) is 0 Å². The van der Waals surface area contributed by atoms with Crippen LogP contribution in [0, 0.1) is 0 Å². The van der Waals surface area contributed by atoms with Crippen molar-refractivity contribution in [2.75, 3.05) is 14.2 Å². The topological polar surface area (TPSA) is 39.1 Å². The second-order valence-electron chi connectivity index (χ2n) is 3.93. The van der Waals surface area contributed by atoms with Crippen LogP contribution in [0.15, 0.2) is 36.7 Å². The molecule has 0 aliphatic heterocycles. The Morgan fingerprint density at radius 2 is 2.24 bits per heavy atom. The number of nitrogens with one attached hydrogen (secondary N) is 1. The molecule has 0 saturated carbocycles. The molecule has 90 valence electrons. The fraction of sp³-hybridized carbons (Fsp3) is 0.308. The molecule has 0 aliphatic carbocycles. The van der Waals surface area contributed by atoms with Gasteiger partial charge in [0.15, 0.2) is 0 Å². The Bertz CT molecular complexity index is 479. The lowest BCUT2D eigenvalue weighted by molar-refractivity contribution is 0.414. The van der Waals surface area contributed by atoms with Crippen molar-refractivity contribution in [2.24, 2.45) is 0 Å². The van der Waals surface area contributed by atoms with Crippen molar-refractivity contribution in [3.63, 3.8) is 0 Å². The van der Waals surface area contributed by atoms with Crippen LogP contribution in [-0.2, 0) is 13.1 Å². The fourth-order valence-electron chi connectivity index (χ4n) is 1.75. The average molecular weight is 231 g/mol. The molecule has 1 aromatic heterocycles. The van der Waals surface area contributed by atoms with Gasteiger partial charge in [-0.15, -0.1) is 0 Å². The molecule has 4 heteroatoms. The SMILES string of the molecule is CNCc1cnn(Cc2cccc(OC)c2)c1. The summed E-state index contributed by atoms with van der Waals surface area (Å²) in [5.41, 5.74) is 2.37. The summed E-state index contributed by atoms with van der Waals surface area (Å²) in [6, 6.07) is 8.03. The Hall–Kier alpha value is -1.81. The van der Waals surface area contributed by atoms with Gasteiger partial charge in [-0.3, -0.25) is 4.68 Å². The predicted octanol–water partition coefficient (Wildman–Crippen LogP) is 1.66. The minimum Gasteiger partial charge on any atom is -0.497 e. The monoisotopic (exact) mass is 231 g/mol. The van der Waals surface area contributed by atoms with Gasteiger partial charge in [-0.1, -0.05) is 12.1 Å². The summed E-state index contributed by atoms with van der Waals surface area (Å²) >= 11 is 0. The quantitative estimate of drug-likeness (QED) is 0.850. The van der Waals surface area contributed by atoms with Crippen LogP contribution < -0.4 is 10.1 Å². The van der Waals surface area contributed by atoms with E-state index in [1.54, 1.807) is 7.11 Å². The van der Waals surface area contributed by atoms with E-state index in [1.807, 2.05) is 36.1 Å². The highest BCUT2D eigenvalue weighted by Crippen LogP contribution is 2.13. The van der Waals surface area contributed by atoms with Gasteiger partial charge in [-0.2, -0.15) is 5.10 Å². The predicted molar refractivity (Wildman–Crippen MR) is 67.1 cm³/mol. The van der Waals surface area contributed by atoms with Crippen LogP contribution in [0.5, 0.6) is 5.75 Å². The van der Waals surface area contributed by atoms with Crippen molar-refractivity contribution in [3.8, 4) is 5.75 Å². The second-order valence-corrected chi connectivity index (χ2v) is 3.93. The lowest BCUT2D eigenvalue weighted by atomic mass is 10.2. The van der Waals surface area contributed by atoms with E-state index in [0.717, 1.165) is 18.8 Å². The molecule has 1 N–H and O–H groups in total. The minimum atomic E-state index is 0.765. The van der Waals surface area contributed by atoms with Crippen molar-refractivity contribution in [1.82, 2.24) is 15.1 Å². The molecule has 0 amide bonds. The van der Waals surface area contributed by atoms with E-state index >= 15 is 0 Å². The number of hydrogen-bond acceptors (Lipinski definition) is 3. The van der Waals surface area contributed by atoms with Gasteiger partial charge in [0.2, 0.25) is 0 Å². The first-order chi connectivity index (χ1) is 8.31. The molecule has 0 radical (unpaired) electrons. The zero-order valence-corrected chi connectivity index (χ0v) is 10.2. The number of hydrogen-bond donors (Lipinski definition) is 1. The van der Waals surface area contributed by atoms with Crippen LogP contribution in [0.1, 0.15) is 11.1 Å². The lowest BCUT2D eigenvalue weighted by Gasteiger charge is -2.04. The molecule has 0 atom stereocenters. The first-order valence-corrected chi connectivity index (χ1v) is 5.60. The molecular formula is C13H17N3O. The summed E-state index contributed by atoms with van der Waals surface area (Å²) in [5.74, 6) is 0.880. The normalized spacial score (nSPS) is 10.5. The van der Waals surface area contributed by atoms with E-state index < -0.39 is 0 Å². The number of methoxy groups -OCH3 is 1. The summed E-state index contributed by atoms with van der Waals surface area (Å²) in [7, 11) is 3.61. The lowest BCUT2D eigenvalue weighted by Crippen LogP contribution is -2.04. The van der Waals surface area contributed by atoms with Crippen molar-refractivity contribution < 1.29 is 4.74 Å². The van der Waals surface area contributed by atoms with Crippen molar-refractivity contribution in [2.45, 2.75) is 13.1 Å². The number of nitrogens with zero attached hydrogens (tertiary/aromatic N) is 2. The van der Waals surface area contributed by atoms with E-state index in [-0.39, 0.29) is 0 Å². The maximum Gasteiger partial charge on any atom is 0.119 e. The van der Waals surface area contributed by atoms with E-state index in [2.05, 4.69) is 22.7 Å². The third-order valence-corrected chi connectivity index (χ3v) is 2.55. The van der Waals surface area contributed by atoms with Gasteiger partial charge in [0, 0.05) is 18.3 Å². The van der Waals surface area contributed by atoms with Crippen LogP contribution in [0.25, 0.3) is 0 Å². The fourth-order valence-corrected chi connectivity index (χ4v) is 1.75. The standard InChI is InChI=1S/C13H17N3O/c1-14-7-12-8-15-16(10-12)9-11-4-3-5-13(6-11)17-2/h3-6,8,10,14H,7,9H2,1-2H3. The Labute approximate surface area is 101 Å². The second kappa shape index (κ2) is 5.50. The van der Waals surface area contributed by atoms with Gasteiger partial charge < -0.3 is 10.1 Å². The Morgan fingerprint density at radius 1 is 1.35 bits per heavy atom. The van der Waals surface area contributed by atoms with Crippen LogP contribution in [-0.4, -0.2) is 23.9 Å². The van der Waals surface area contributed by atoms with Crippen molar-refractivity contribution in [3.05, 3.63) is 47.8 Å². The van der Waals surface area contributed by atoms with Gasteiger partial charge in [-0.25, -0.2) is 0 Å². The highest BCUT2D eigenvalue weighted by atomic mass is 16.5. The third kappa shape index (κ3) is 3.07. The molecule has 0 bridgehead atoms. The largest absolute Gasteiger partial charge is 0.497 e. The Balaban J connectivity index is 2.08. The molecule has 2 rings (SSSR count). The zero-order valence-electron chi connectivity index (χ0n) is 10.2. The Morgan fingerprint density at radius 3 is 3.00 bits per heavy atom. The molecule has 17 heavy (non-hydrogen) atoms. The molecule has 1 aromatic carbocycles. The number of ether oxygens (including phenoxy) is 1. The molecule has 0 spiro atoms. The van der Waals surface area contributed by atoms with Gasteiger partial charge in [-0.05, 0) is 24.7 Å². The summed E-state index contributed by atoms with van der Waals surface area (Å²) in [4.78, 5) is 0. The molecule has 1 heterocycles. The molecule has 0 unspecified atom stereocenters. The molecule has 4 nitrogen and oxygen atoms in total. The van der Waals surface area contributed by atoms with E-state index in [0.29, 0.717) is 0 Å². The summed E-state index contributed by atoms with van der Waals surface area (Å²) in [6.45, 7) is 1.61. The maximum atomic E-state index is 5.20. The minimum absolute atomic E-state index is 0.765. The van der Waals surface area contributed by atoms with Gasteiger partial charge in [0.25, 0.3) is 0 Å². The zero-order chi connectivity index (χ0) is 12.1. The molecule has 0 fully saturated rings. The Kier molecular flexibility index (Phi) is 3.77. The molecule has 0 aliphatic rings. The maximum absolute atomic E-state index is 5.20. The third-order valence-electron chi connectivity index (χ3n) is 2.55. The van der Waals surface area contributed by atoms with Crippen LogP contribution in [0.2, 0.25) is 0 Å². The summed E-state index contributed by atoms with van der Waals surface area (Å²) in [6.07, 6.45) is 3.94.